The predicted molar refractivity (Wildman–Crippen MR) is 93.8 cm³/mol. The highest BCUT2D eigenvalue weighted by Crippen LogP contribution is 2.38. The third-order valence-corrected chi connectivity index (χ3v) is 4.76. The molecule has 3 rings (SSSR count). The Morgan fingerprint density at radius 2 is 1.92 bits per heavy atom. The van der Waals surface area contributed by atoms with Crippen molar-refractivity contribution in [3.05, 3.63) is 64.7 Å². The fraction of sp³-hybridized carbons (Fsp3) is 0.350. The van der Waals surface area contributed by atoms with E-state index in [0.29, 0.717) is 6.54 Å². The van der Waals surface area contributed by atoms with Crippen LogP contribution in [0.15, 0.2) is 42.5 Å². The van der Waals surface area contributed by atoms with Gasteiger partial charge in [-0.1, -0.05) is 37.3 Å². The highest BCUT2D eigenvalue weighted by Gasteiger charge is 2.34. The average Bonchev–Trinajstić information content (AvgIpc) is 2.76. The molecule has 24 heavy (non-hydrogen) atoms. The van der Waals surface area contributed by atoms with Gasteiger partial charge in [-0.25, -0.2) is 0 Å². The van der Waals surface area contributed by atoms with Crippen molar-refractivity contribution in [3.8, 4) is 5.75 Å². The standard InChI is InChI=1S/C20H23NO3/c1-3-21-19(20(22)23)18-16-7-5-4-6-13(16)8-9-14-12-15(24-2)10-11-17(14)18/h4-7,10-12,18-19,21H,3,8-9H2,1-2H3,(H,22,23). The summed E-state index contributed by atoms with van der Waals surface area (Å²) in [6, 6.07) is 13.5. The molecule has 1 aliphatic carbocycles. The molecular formula is C20H23NO3. The Labute approximate surface area is 142 Å². The summed E-state index contributed by atoms with van der Waals surface area (Å²) in [5, 5.41) is 13.0. The molecule has 0 bridgehead atoms. The van der Waals surface area contributed by atoms with Crippen LogP contribution in [0.25, 0.3) is 0 Å². The normalized spacial score (nSPS) is 17.3. The maximum atomic E-state index is 12.0. The van der Waals surface area contributed by atoms with Gasteiger partial charge in [-0.05, 0) is 53.8 Å². The molecule has 2 aromatic rings. The van der Waals surface area contributed by atoms with Crippen molar-refractivity contribution in [2.24, 2.45) is 0 Å². The number of carboxylic acid groups (broad SMARTS) is 1. The van der Waals surface area contributed by atoms with Gasteiger partial charge < -0.3 is 15.2 Å². The molecule has 0 radical (unpaired) electrons. The number of carboxylic acids is 1. The quantitative estimate of drug-likeness (QED) is 0.887. The second-order valence-corrected chi connectivity index (χ2v) is 6.11. The first-order chi connectivity index (χ1) is 11.7. The van der Waals surface area contributed by atoms with E-state index in [1.54, 1.807) is 7.11 Å². The van der Waals surface area contributed by atoms with E-state index in [2.05, 4.69) is 17.4 Å². The number of aryl methyl sites for hydroxylation is 2. The van der Waals surface area contributed by atoms with E-state index >= 15 is 0 Å². The first-order valence-corrected chi connectivity index (χ1v) is 8.36. The molecule has 0 saturated carbocycles. The van der Waals surface area contributed by atoms with Gasteiger partial charge in [0.15, 0.2) is 0 Å². The van der Waals surface area contributed by atoms with E-state index in [1.807, 2.05) is 37.3 Å². The van der Waals surface area contributed by atoms with E-state index in [-0.39, 0.29) is 5.92 Å². The lowest BCUT2D eigenvalue weighted by Crippen LogP contribution is -2.42. The minimum absolute atomic E-state index is 0.206. The summed E-state index contributed by atoms with van der Waals surface area (Å²) in [5.74, 6) is -0.212. The number of methoxy groups -OCH3 is 1. The van der Waals surface area contributed by atoms with Crippen LogP contribution in [0, 0.1) is 0 Å². The molecule has 2 N–H and O–H groups in total. The number of rotatable bonds is 5. The molecule has 4 nitrogen and oxygen atoms in total. The summed E-state index contributed by atoms with van der Waals surface area (Å²) >= 11 is 0. The monoisotopic (exact) mass is 325 g/mol. The van der Waals surface area contributed by atoms with E-state index in [4.69, 9.17) is 4.74 Å². The molecule has 0 fully saturated rings. The van der Waals surface area contributed by atoms with Crippen LogP contribution < -0.4 is 10.1 Å². The van der Waals surface area contributed by atoms with Crippen LogP contribution in [-0.4, -0.2) is 30.8 Å². The van der Waals surface area contributed by atoms with Gasteiger partial charge in [0.25, 0.3) is 0 Å². The van der Waals surface area contributed by atoms with Crippen molar-refractivity contribution in [1.29, 1.82) is 0 Å². The van der Waals surface area contributed by atoms with Crippen LogP contribution in [0.2, 0.25) is 0 Å². The van der Waals surface area contributed by atoms with Gasteiger partial charge in [0.05, 0.1) is 7.11 Å². The van der Waals surface area contributed by atoms with Crippen molar-refractivity contribution in [2.45, 2.75) is 31.7 Å². The van der Waals surface area contributed by atoms with Crippen molar-refractivity contribution < 1.29 is 14.6 Å². The summed E-state index contributed by atoms with van der Waals surface area (Å²) < 4.78 is 5.36. The van der Waals surface area contributed by atoms with Crippen LogP contribution >= 0.6 is 0 Å². The van der Waals surface area contributed by atoms with E-state index in [9.17, 15) is 9.90 Å². The minimum atomic E-state index is -0.819. The second-order valence-electron chi connectivity index (χ2n) is 6.11. The summed E-state index contributed by atoms with van der Waals surface area (Å²) in [4.78, 5) is 12.0. The third kappa shape index (κ3) is 3.02. The lowest BCUT2D eigenvalue weighted by molar-refractivity contribution is -0.139. The first kappa shape index (κ1) is 16.5. The maximum Gasteiger partial charge on any atom is 0.321 e. The fourth-order valence-corrected chi connectivity index (χ4v) is 3.66. The topological polar surface area (TPSA) is 58.6 Å². The number of likely N-dealkylation sites (N-methyl/N-ethyl adjacent to an activating group) is 1. The highest BCUT2D eigenvalue weighted by molar-refractivity contribution is 5.76. The zero-order valence-electron chi connectivity index (χ0n) is 14.1. The molecule has 0 spiro atoms. The Hall–Kier alpha value is -2.33. The Bertz CT molecular complexity index is 741. The van der Waals surface area contributed by atoms with Gasteiger partial charge in [-0.3, -0.25) is 4.79 Å². The smallest absolute Gasteiger partial charge is 0.321 e. The molecule has 0 aromatic heterocycles. The molecule has 2 unspecified atom stereocenters. The van der Waals surface area contributed by atoms with Crippen molar-refractivity contribution >= 4 is 5.97 Å². The zero-order valence-corrected chi connectivity index (χ0v) is 14.1. The lowest BCUT2D eigenvalue weighted by Gasteiger charge is -2.27. The van der Waals surface area contributed by atoms with Gasteiger partial charge in [-0.2, -0.15) is 0 Å². The van der Waals surface area contributed by atoms with Crippen molar-refractivity contribution in [2.75, 3.05) is 13.7 Å². The SMILES string of the molecule is CCNC(C(=O)O)C1c2ccccc2CCc2cc(OC)ccc21. The highest BCUT2D eigenvalue weighted by atomic mass is 16.5. The molecular weight excluding hydrogens is 302 g/mol. The van der Waals surface area contributed by atoms with Crippen LogP contribution in [0.3, 0.4) is 0 Å². The van der Waals surface area contributed by atoms with Gasteiger partial charge in [-0.15, -0.1) is 0 Å². The van der Waals surface area contributed by atoms with Gasteiger partial charge in [0, 0.05) is 5.92 Å². The largest absolute Gasteiger partial charge is 0.497 e. The molecule has 4 heteroatoms. The number of carbonyl (C=O) groups is 1. The van der Waals surface area contributed by atoms with Crippen molar-refractivity contribution in [1.82, 2.24) is 5.32 Å². The zero-order chi connectivity index (χ0) is 17.1. The molecule has 0 amide bonds. The molecule has 0 saturated heterocycles. The minimum Gasteiger partial charge on any atom is -0.497 e. The fourth-order valence-electron chi connectivity index (χ4n) is 3.66. The summed E-state index contributed by atoms with van der Waals surface area (Å²) in [6.07, 6.45) is 1.80. The van der Waals surface area contributed by atoms with Crippen LogP contribution in [0.4, 0.5) is 0 Å². The number of ether oxygens (including phenoxy) is 1. The third-order valence-electron chi connectivity index (χ3n) is 4.76. The van der Waals surface area contributed by atoms with Gasteiger partial charge in [0.1, 0.15) is 11.8 Å². The number of nitrogens with one attached hydrogen (secondary N) is 1. The maximum absolute atomic E-state index is 12.0. The van der Waals surface area contributed by atoms with Gasteiger partial charge >= 0.3 is 5.97 Å². The molecule has 2 atom stereocenters. The van der Waals surface area contributed by atoms with Crippen LogP contribution in [-0.2, 0) is 17.6 Å². The Morgan fingerprint density at radius 3 is 2.62 bits per heavy atom. The second kappa shape index (κ2) is 7.05. The number of hydrogen-bond acceptors (Lipinski definition) is 3. The Kier molecular flexibility index (Phi) is 4.86. The average molecular weight is 325 g/mol. The molecule has 0 heterocycles. The summed E-state index contributed by atoms with van der Waals surface area (Å²) in [6.45, 7) is 2.55. The molecule has 0 aliphatic heterocycles. The van der Waals surface area contributed by atoms with Gasteiger partial charge in [0.2, 0.25) is 0 Å². The predicted octanol–water partition coefficient (Wildman–Crippen LogP) is 2.99. The van der Waals surface area contributed by atoms with E-state index in [1.165, 1.54) is 11.1 Å². The Morgan fingerprint density at radius 1 is 1.21 bits per heavy atom. The molecule has 126 valence electrons. The summed E-state index contributed by atoms with van der Waals surface area (Å²) in [5.41, 5.74) is 4.57. The van der Waals surface area contributed by atoms with Crippen LogP contribution in [0.5, 0.6) is 5.75 Å². The Balaban J connectivity index is 2.18. The molecule has 2 aromatic carbocycles. The lowest BCUT2D eigenvalue weighted by atomic mass is 9.82. The number of hydrogen-bond donors (Lipinski definition) is 2. The number of benzene rings is 2. The summed E-state index contributed by atoms with van der Waals surface area (Å²) in [7, 11) is 1.66. The molecule has 1 aliphatic rings. The first-order valence-electron chi connectivity index (χ1n) is 8.36. The van der Waals surface area contributed by atoms with Crippen LogP contribution in [0.1, 0.15) is 35.1 Å². The van der Waals surface area contributed by atoms with E-state index < -0.39 is 12.0 Å². The van der Waals surface area contributed by atoms with Crippen molar-refractivity contribution in [3.63, 3.8) is 0 Å². The number of aliphatic carboxylic acids is 1. The van der Waals surface area contributed by atoms with E-state index in [0.717, 1.165) is 29.7 Å². The number of fused-ring (bicyclic) bond motifs is 2.